The van der Waals surface area contributed by atoms with E-state index < -0.39 is 0 Å². The lowest BCUT2D eigenvalue weighted by Gasteiger charge is -2.02. The Balaban J connectivity index is 3.39. The lowest BCUT2D eigenvalue weighted by molar-refractivity contribution is 1.10. The highest BCUT2D eigenvalue weighted by Gasteiger charge is 1.95. The van der Waals surface area contributed by atoms with Crippen LogP contribution in [0.4, 0.5) is 0 Å². The van der Waals surface area contributed by atoms with Gasteiger partial charge in [0.1, 0.15) is 5.84 Å². The van der Waals surface area contributed by atoms with Crippen LogP contribution in [0.25, 0.3) is 0 Å². The quantitative estimate of drug-likeness (QED) is 0.500. The van der Waals surface area contributed by atoms with Crippen molar-refractivity contribution in [2.75, 3.05) is 12.3 Å². The Morgan fingerprint density at radius 2 is 2.20 bits per heavy atom. The molecule has 0 fully saturated rings. The van der Waals surface area contributed by atoms with Crippen molar-refractivity contribution >= 4 is 17.6 Å². The lowest BCUT2D eigenvalue weighted by atomic mass is 10.6. The van der Waals surface area contributed by atoms with E-state index in [1.165, 1.54) is 0 Å². The summed E-state index contributed by atoms with van der Waals surface area (Å²) in [7, 11) is 0. The van der Waals surface area contributed by atoms with Crippen LogP contribution in [0.15, 0.2) is 4.99 Å². The summed E-state index contributed by atoms with van der Waals surface area (Å²) in [6, 6.07) is 0. The highest BCUT2D eigenvalue weighted by Crippen LogP contribution is 2.07. The Hall–Kier alpha value is -0.180. The van der Waals surface area contributed by atoms with E-state index in [9.17, 15) is 0 Å². The number of thioether (sulfide) groups is 1. The van der Waals surface area contributed by atoms with E-state index >= 15 is 0 Å². The van der Waals surface area contributed by atoms with E-state index in [1.807, 2.05) is 18.7 Å². The highest BCUT2D eigenvalue weighted by atomic mass is 32.2. The molecule has 3 heteroatoms. The summed E-state index contributed by atoms with van der Waals surface area (Å²) in [6.07, 6.45) is 0. The molecule has 0 heterocycles. The Morgan fingerprint density at radius 1 is 1.60 bits per heavy atom. The molecule has 2 nitrogen and oxygen atoms in total. The third kappa shape index (κ3) is 5.95. The largest absolute Gasteiger partial charge is 0.387 e. The molecular formula is C7H16N2S. The Kier molecular flexibility index (Phi) is 5.49. The summed E-state index contributed by atoms with van der Waals surface area (Å²) < 4.78 is 0. The number of hydrogen-bond donors (Lipinski definition) is 1. The SMILES string of the molecule is CCN=C(N)CSC(C)C. The lowest BCUT2D eigenvalue weighted by Crippen LogP contribution is -2.16. The van der Waals surface area contributed by atoms with Gasteiger partial charge in [0, 0.05) is 6.54 Å². The van der Waals surface area contributed by atoms with Crippen molar-refractivity contribution in [3.8, 4) is 0 Å². The highest BCUT2D eigenvalue weighted by molar-refractivity contribution is 8.00. The summed E-state index contributed by atoms with van der Waals surface area (Å²) in [5.74, 6) is 1.63. The van der Waals surface area contributed by atoms with E-state index in [4.69, 9.17) is 5.73 Å². The van der Waals surface area contributed by atoms with E-state index in [0.717, 1.165) is 18.1 Å². The summed E-state index contributed by atoms with van der Waals surface area (Å²) in [4.78, 5) is 4.07. The summed E-state index contributed by atoms with van der Waals surface area (Å²) in [5.41, 5.74) is 5.56. The minimum Gasteiger partial charge on any atom is -0.387 e. The van der Waals surface area contributed by atoms with Gasteiger partial charge in [-0.1, -0.05) is 13.8 Å². The second kappa shape index (κ2) is 5.59. The van der Waals surface area contributed by atoms with Crippen molar-refractivity contribution in [3.63, 3.8) is 0 Å². The van der Waals surface area contributed by atoms with Crippen LogP contribution in [0.3, 0.4) is 0 Å². The molecule has 0 rings (SSSR count). The Bertz CT molecular complexity index is 110. The van der Waals surface area contributed by atoms with Gasteiger partial charge in [0.05, 0.1) is 5.75 Å². The first-order valence-electron chi connectivity index (χ1n) is 3.57. The smallest absolute Gasteiger partial charge is 0.104 e. The zero-order valence-corrected chi connectivity index (χ0v) is 7.74. The third-order valence-corrected chi connectivity index (χ3v) is 2.05. The Labute approximate surface area is 67.3 Å². The number of rotatable bonds is 4. The minimum atomic E-state index is 0.644. The molecule has 0 unspecified atom stereocenters. The maximum Gasteiger partial charge on any atom is 0.104 e. The van der Waals surface area contributed by atoms with Gasteiger partial charge in [-0.2, -0.15) is 11.8 Å². The van der Waals surface area contributed by atoms with Gasteiger partial charge < -0.3 is 5.73 Å². The van der Waals surface area contributed by atoms with Gasteiger partial charge in [-0.25, -0.2) is 0 Å². The molecule has 10 heavy (non-hydrogen) atoms. The predicted octanol–water partition coefficient (Wildman–Crippen LogP) is 1.51. The average molecular weight is 160 g/mol. The van der Waals surface area contributed by atoms with Gasteiger partial charge in [0.25, 0.3) is 0 Å². The van der Waals surface area contributed by atoms with Gasteiger partial charge >= 0.3 is 0 Å². The van der Waals surface area contributed by atoms with E-state index in [1.54, 1.807) is 0 Å². The molecular weight excluding hydrogens is 144 g/mol. The molecule has 60 valence electrons. The molecule has 0 saturated carbocycles. The van der Waals surface area contributed by atoms with Gasteiger partial charge in [-0.05, 0) is 12.2 Å². The number of aliphatic imine (C=N–C) groups is 1. The van der Waals surface area contributed by atoms with Gasteiger partial charge in [0.2, 0.25) is 0 Å². The number of hydrogen-bond acceptors (Lipinski definition) is 2. The topological polar surface area (TPSA) is 38.4 Å². The monoisotopic (exact) mass is 160 g/mol. The molecule has 0 aromatic heterocycles. The second-order valence-corrected chi connectivity index (χ2v) is 3.89. The van der Waals surface area contributed by atoms with Crippen molar-refractivity contribution in [2.45, 2.75) is 26.0 Å². The van der Waals surface area contributed by atoms with Crippen LogP contribution in [0, 0.1) is 0 Å². The number of nitrogens with zero attached hydrogens (tertiary/aromatic N) is 1. The second-order valence-electron chi connectivity index (χ2n) is 2.33. The number of amidine groups is 1. The zero-order chi connectivity index (χ0) is 7.98. The van der Waals surface area contributed by atoms with Crippen molar-refractivity contribution in [3.05, 3.63) is 0 Å². The fourth-order valence-electron chi connectivity index (χ4n) is 0.501. The summed E-state index contributed by atoms with van der Waals surface area (Å²) in [5, 5.41) is 0.644. The van der Waals surface area contributed by atoms with Crippen molar-refractivity contribution in [1.29, 1.82) is 0 Å². The molecule has 0 spiro atoms. The molecule has 0 aliphatic carbocycles. The van der Waals surface area contributed by atoms with Crippen LogP contribution in [-0.2, 0) is 0 Å². The van der Waals surface area contributed by atoms with Crippen molar-refractivity contribution in [1.82, 2.24) is 0 Å². The zero-order valence-electron chi connectivity index (χ0n) is 6.92. The predicted molar refractivity (Wildman–Crippen MR) is 49.8 cm³/mol. The number of nitrogens with two attached hydrogens (primary N) is 1. The normalized spacial score (nSPS) is 12.6. The van der Waals surface area contributed by atoms with Crippen LogP contribution in [0.1, 0.15) is 20.8 Å². The molecule has 0 aromatic rings. The first kappa shape index (κ1) is 9.82. The molecule has 0 amide bonds. The molecule has 0 aliphatic heterocycles. The molecule has 0 saturated heterocycles. The minimum absolute atomic E-state index is 0.644. The maximum atomic E-state index is 5.56. The first-order chi connectivity index (χ1) is 4.66. The summed E-state index contributed by atoms with van der Waals surface area (Å²) in [6.45, 7) is 7.10. The summed E-state index contributed by atoms with van der Waals surface area (Å²) >= 11 is 1.82. The fraction of sp³-hybridized carbons (Fsp3) is 0.857. The third-order valence-electron chi connectivity index (χ3n) is 0.926. The molecule has 0 aliphatic rings. The van der Waals surface area contributed by atoms with Gasteiger partial charge in [-0.15, -0.1) is 0 Å². The molecule has 0 aromatic carbocycles. The van der Waals surface area contributed by atoms with Crippen LogP contribution in [0.5, 0.6) is 0 Å². The Morgan fingerprint density at radius 3 is 2.60 bits per heavy atom. The van der Waals surface area contributed by atoms with E-state index in [2.05, 4.69) is 18.8 Å². The average Bonchev–Trinajstić information content (AvgIpc) is 1.85. The van der Waals surface area contributed by atoms with Crippen LogP contribution in [0.2, 0.25) is 0 Å². The fourth-order valence-corrected chi connectivity index (χ4v) is 1.10. The molecule has 0 atom stereocenters. The van der Waals surface area contributed by atoms with Crippen LogP contribution >= 0.6 is 11.8 Å². The molecule has 0 radical (unpaired) electrons. The molecule has 2 N–H and O–H groups in total. The van der Waals surface area contributed by atoms with Gasteiger partial charge in [-0.3, -0.25) is 4.99 Å². The maximum absolute atomic E-state index is 5.56. The van der Waals surface area contributed by atoms with Gasteiger partial charge in [0.15, 0.2) is 0 Å². The first-order valence-corrected chi connectivity index (χ1v) is 4.62. The van der Waals surface area contributed by atoms with Crippen molar-refractivity contribution in [2.24, 2.45) is 10.7 Å². The molecule has 0 bridgehead atoms. The van der Waals surface area contributed by atoms with E-state index in [-0.39, 0.29) is 0 Å². The van der Waals surface area contributed by atoms with Crippen LogP contribution in [-0.4, -0.2) is 23.4 Å². The standard InChI is InChI=1S/C7H16N2S/c1-4-9-7(8)5-10-6(2)3/h6H,4-5H2,1-3H3,(H2,8,9). The van der Waals surface area contributed by atoms with Crippen molar-refractivity contribution < 1.29 is 0 Å². The van der Waals surface area contributed by atoms with E-state index in [0.29, 0.717) is 5.25 Å². The van der Waals surface area contributed by atoms with Crippen LogP contribution < -0.4 is 5.73 Å².